The Labute approximate surface area is 188 Å². The van der Waals surface area contributed by atoms with Crippen molar-refractivity contribution in [2.45, 2.75) is 43.9 Å². The van der Waals surface area contributed by atoms with E-state index < -0.39 is 10.0 Å². The lowest BCUT2D eigenvalue weighted by Gasteiger charge is -2.30. The summed E-state index contributed by atoms with van der Waals surface area (Å²) in [6.07, 6.45) is 4.24. The summed E-state index contributed by atoms with van der Waals surface area (Å²) in [7, 11) is -3.75. The standard InChI is InChI=1S/C22H26Cl2N2O3S/c1-2-3-4-16-5-8-19(9-6-16)25-22(27)17-11-13-26(14-12-17)30(28,29)21-15-18(23)7-10-20(21)24/h5-10,15,17H,2-4,11-14H2,1H3,(H,25,27). The highest BCUT2D eigenvalue weighted by Crippen LogP contribution is 2.30. The summed E-state index contributed by atoms with van der Waals surface area (Å²) in [5.41, 5.74) is 2.02. The van der Waals surface area contributed by atoms with Crippen LogP contribution in [0, 0.1) is 5.92 Å². The number of carbonyl (C=O) groups is 1. The minimum atomic E-state index is -3.75. The molecule has 1 fully saturated rings. The van der Waals surface area contributed by atoms with Gasteiger partial charge in [0.2, 0.25) is 15.9 Å². The van der Waals surface area contributed by atoms with Crippen LogP contribution in [0.1, 0.15) is 38.2 Å². The number of hydrogen-bond acceptors (Lipinski definition) is 3. The number of anilines is 1. The molecule has 0 aliphatic carbocycles. The number of amides is 1. The van der Waals surface area contributed by atoms with Gasteiger partial charge in [-0.25, -0.2) is 8.42 Å². The van der Waals surface area contributed by atoms with Gasteiger partial charge in [0.05, 0.1) is 5.02 Å². The molecular weight excluding hydrogens is 443 g/mol. The van der Waals surface area contributed by atoms with Crippen molar-refractivity contribution in [1.29, 1.82) is 0 Å². The van der Waals surface area contributed by atoms with Gasteiger partial charge in [0.1, 0.15) is 4.90 Å². The molecule has 1 N–H and O–H groups in total. The molecule has 162 valence electrons. The van der Waals surface area contributed by atoms with Crippen LogP contribution in [0.4, 0.5) is 5.69 Å². The van der Waals surface area contributed by atoms with Crippen molar-refractivity contribution in [2.75, 3.05) is 18.4 Å². The molecule has 0 saturated carbocycles. The van der Waals surface area contributed by atoms with Crippen LogP contribution in [-0.4, -0.2) is 31.7 Å². The van der Waals surface area contributed by atoms with Crippen molar-refractivity contribution in [2.24, 2.45) is 5.92 Å². The first-order valence-electron chi connectivity index (χ1n) is 10.2. The van der Waals surface area contributed by atoms with Gasteiger partial charge in [-0.2, -0.15) is 4.31 Å². The minimum Gasteiger partial charge on any atom is -0.326 e. The Kier molecular flexibility index (Phi) is 7.80. The zero-order valence-electron chi connectivity index (χ0n) is 16.9. The molecule has 1 aliphatic rings. The molecule has 0 bridgehead atoms. The SMILES string of the molecule is CCCCc1ccc(NC(=O)C2CCN(S(=O)(=O)c3cc(Cl)ccc3Cl)CC2)cc1. The number of nitrogens with zero attached hydrogens (tertiary/aromatic N) is 1. The van der Waals surface area contributed by atoms with E-state index in [1.807, 2.05) is 24.3 Å². The van der Waals surface area contributed by atoms with E-state index in [0.717, 1.165) is 24.9 Å². The summed E-state index contributed by atoms with van der Waals surface area (Å²) < 4.78 is 27.2. The molecule has 2 aromatic carbocycles. The van der Waals surface area contributed by atoms with Gasteiger partial charge in [-0.3, -0.25) is 4.79 Å². The zero-order chi connectivity index (χ0) is 21.7. The number of nitrogens with one attached hydrogen (secondary N) is 1. The monoisotopic (exact) mass is 468 g/mol. The number of halogens is 2. The molecule has 0 atom stereocenters. The summed E-state index contributed by atoms with van der Waals surface area (Å²) >= 11 is 12.0. The maximum Gasteiger partial charge on any atom is 0.244 e. The van der Waals surface area contributed by atoms with Gasteiger partial charge in [0.15, 0.2) is 0 Å². The van der Waals surface area contributed by atoms with Crippen LogP contribution in [0.15, 0.2) is 47.4 Å². The van der Waals surface area contributed by atoms with Gasteiger partial charge in [-0.05, 0) is 61.6 Å². The van der Waals surface area contributed by atoms with Crippen LogP contribution in [0.3, 0.4) is 0 Å². The van der Waals surface area contributed by atoms with Crippen LogP contribution in [0.2, 0.25) is 10.0 Å². The molecule has 5 nitrogen and oxygen atoms in total. The van der Waals surface area contributed by atoms with Gasteiger partial charge < -0.3 is 5.32 Å². The van der Waals surface area contributed by atoms with Crippen molar-refractivity contribution in [1.82, 2.24) is 4.31 Å². The lowest BCUT2D eigenvalue weighted by molar-refractivity contribution is -0.120. The van der Waals surface area contributed by atoms with E-state index in [0.29, 0.717) is 17.9 Å². The third kappa shape index (κ3) is 5.55. The van der Waals surface area contributed by atoms with Crippen LogP contribution in [0.25, 0.3) is 0 Å². The van der Waals surface area contributed by atoms with E-state index >= 15 is 0 Å². The molecular formula is C22H26Cl2N2O3S. The Morgan fingerprint density at radius 3 is 2.40 bits per heavy atom. The number of hydrogen-bond donors (Lipinski definition) is 1. The molecule has 3 rings (SSSR count). The van der Waals surface area contributed by atoms with Crippen LogP contribution >= 0.6 is 23.2 Å². The first-order chi connectivity index (χ1) is 14.3. The molecule has 0 unspecified atom stereocenters. The van der Waals surface area contributed by atoms with Crippen LogP contribution < -0.4 is 5.32 Å². The number of sulfonamides is 1. The molecule has 0 aromatic heterocycles. The van der Waals surface area contributed by atoms with Gasteiger partial charge in [0, 0.05) is 29.7 Å². The number of rotatable bonds is 7. The van der Waals surface area contributed by atoms with E-state index in [1.54, 1.807) is 6.07 Å². The van der Waals surface area contributed by atoms with Gasteiger partial charge in [-0.15, -0.1) is 0 Å². The molecule has 0 radical (unpaired) electrons. The fourth-order valence-electron chi connectivity index (χ4n) is 3.55. The van der Waals surface area contributed by atoms with Crippen molar-refractivity contribution >= 4 is 44.8 Å². The second-order valence-electron chi connectivity index (χ2n) is 7.54. The van der Waals surface area contributed by atoms with Crippen LogP contribution in [-0.2, 0) is 21.2 Å². The maximum atomic E-state index is 12.9. The Morgan fingerprint density at radius 1 is 1.10 bits per heavy atom. The topological polar surface area (TPSA) is 66.5 Å². The van der Waals surface area contributed by atoms with Crippen LogP contribution in [0.5, 0.6) is 0 Å². The van der Waals surface area contributed by atoms with Gasteiger partial charge in [-0.1, -0.05) is 48.7 Å². The number of piperidine rings is 1. The third-order valence-corrected chi connectivity index (χ3v) is 7.99. The van der Waals surface area contributed by atoms with Crippen molar-refractivity contribution in [3.63, 3.8) is 0 Å². The molecule has 1 aliphatic heterocycles. The van der Waals surface area contributed by atoms with Crippen molar-refractivity contribution < 1.29 is 13.2 Å². The molecule has 1 saturated heterocycles. The smallest absolute Gasteiger partial charge is 0.244 e. The normalized spacial score (nSPS) is 15.8. The predicted octanol–water partition coefficient (Wildman–Crippen LogP) is 5.38. The first-order valence-corrected chi connectivity index (χ1v) is 12.4. The summed E-state index contributed by atoms with van der Waals surface area (Å²) in [5.74, 6) is -0.305. The van der Waals surface area contributed by atoms with Gasteiger partial charge in [0.25, 0.3) is 0 Å². The highest BCUT2D eigenvalue weighted by molar-refractivity contribution is 7.89. The lowest BCUT2D eigenvalue weighted by atomic mass is 9.97. The number of aryl methyl sites for hydroxylation is 1. The van der Waals surface area contributed by atoms with E-state index in [9.17, 15) is 13.2 Å². The molecule has 0 spiro atoms. The average molecular weight is 469 g/mol. The van der Waals surface area contributed by atoms with Crippen molar-refractivity contribution in [3.8, 4) is 0 Å². The first kappa shape index (κ1) is 23.1. The summed E-state index contributed by atoms with van der Waals surface area (Å²) in [4.78, 5) is 12.6. The largest absolute Gasteiger partial charge is 0.326 e. The third-order valence-electron chi connectivity index (χ3n) is 5.38. The van der Waals surface area contributed by atoms with E-state index in [4.69, 9.17) is 23.2 Å². The molecule has 30 heavy (non-hydrogen) atoms. The fraction of sp³-hybridized carbons (Fsp3) is 0.409. The second-order valence-corrected chi connectivity index (χ2v) is 10.3. The highest BCUT2D eigenvalue weighted by Gasteiger charge is 2.33. The number of unbranched alkanes of at least 4 members (excludes halogenated alkanes) is 1. The van der Waals surface area contributed by atoms with Gasteiger partial charge >= 0.3 is 0 Å². The fourth-order valence-corrected chi connectivity index (χ4v) is 5.76. The summed E-state index contributed by atoms with van der Waals surface area (Å²) in [6.45, 7) is 2.69. The van der Waals surface area contributed by atoms with Crippen molar-refractivity contribution in [3.05, 3.63) is 58.1 Å². The maximum absolute atomic E-state index is 12.9. The zero-order valence-corrected chi connectivity index (χ0v) is 19.2. The summed E-state index contributed by atoms with van der Waals surface area (Å²) in [6, 6.07) is 12.3. The minimum absolute atomic E-state index is 0.00253. The second kappa shape index (κ2) is 10.1. The average Bonchev–Trinajstić information content (AvgIpc) is 2.75. The molecule has 2 aromatic rings. The Morgan fingerprint density at radius 2 is 1.77 bits per heavy atom. The molecule has 1 heterocycles. The Bertz CT molecular complexity index is 986. The number of carbonyl (C=O) groups excluding carboxylic acids is 1. The lowest BCUT2D eigenvalue weighted by Crippen LogP contribution is -2.41. The van der Waals surface area contributed by atoms with E-state index in [-0.39, 0.29) is 34.8 Å². The molecule has 1 amide bonds. The Balaban J connectivity index is 1.58. The van der Waals surface area contributed by atoms with E-state index in [1.165, 1.54) is 22.0 Å². The van der Waals surface area contributed by atoms with E-state index in [2.05, 4.69) is 12.2 Å². The highest BCUT2D eigenvalue weighted by atomic mass is 35.5. The summed E-state index contributed by atoms with van der Waals surface area (Å²) in [5, 5.41) is 3.40. The quantitative estimate of drug-likeness (QED) is 0.593. The Hall–Kier alpha value is -1.60. The number of benzene rings is 2. The predicted molar refractivity (Wildman–Crippen MR) is 122 cm³/mol. The molecule has 8 heteroatoms.